The number of ether oxygens (including phenoxy) is 1. The topological polar surface area (TPSA) is 34.5 Å². The molecule has 1 aliphatic carbocycles. The van der Waals surface area contributed by atoms with Gasteiger partial charge in [0, 0.05) is 29.6 Å². The van der Waals surface area contributed by atoms with E-state index >= 15 is 0 Å². The molecule has 0 spiro atoms. The average Bonchev–Trinajstić information content (AvgIpc) is 3.26. The van der Waals surface area contributed by atoms with Gasteiger partial charge in [-0.15, -0.1) is 0 Å². The summed E-state index contributed by atoms with van der Waals surface area (Å²) in [6.07, 6.45) is 1.18. The van der Waals surface area contributed by atoms with Crippen molar-refractivity contribution < 1.29 is 17.9 Å². The minimum Gasteiger partial charge on any atom is -0.477 e. The second kappa shape index (κ2) is 5.61. The summed E-state index contributed by atoms with van der Waals surface area (Å²) in [6, 6.07) is 5.79. The van der Waals surface area contributed by atoms with Crippen LogP contribution in [0.3, 0.4) is 0 Å². The predicted molar refractivity (Wildman–Crippen MR) is 84.2 cm³/mol. The zero-order valence-electron chi connectivity index (χ0n) is 12.8. The van der Waals surface area contributed by atoms with Crippen LogP contribution in [-0.2, 0) is 12.7 Å². The first-order chi connectivity index (χ1) is 11.5. The number of rotatable bonds is 4. The molecular formula is C18H15F3N2O. The van der Waals surface area contributed by atoms with Gasteiger partial charge >= 0.3 is 6.18 Å². The lowest BCUT2D eigenvalue weighted by Crippen LogP contribution is -2.07. The summed E-state index contributed by atoms with van der Waals surface area (Å²) >= 11 is 0. The summed E-state index contributed by atoms with van der Waals surface area (Å²) in [5.74, 6) is 1.12. The number of aromatic nitrogens is 1. The fraction of sp³-hybridized carbons (Fsp3) is 0.333. The molecule has 124 valence electrons. The van der Waals surface area contributed by atoms with Crippen LogP contribution in [0.5, 0.6) is 5.88 Å². The highest BCUT2D eigenvalue weighted by Crippen LogP contribution is 2.37. The number of hydrogen-bond donors (Lipinski definition) is 0. The van der Waals surface area contributed by atoms with Crippen LogP contribution in [-0.4, -0.2) is 17.8 Å². The van der Waals surface area contributed by atoms with E-state index in [2.05, 4.69) is 9.98 Å². The third-order valence-corrected chi connectivity index (χ3v) is 4.29. The molecule has 4 rings (SSSR count). The molecule has 1 saturated carbocycles. The highest BCUT2D eigenvalue weighted by atomic mass is 19.4. The molecule has 6 heteroatoms. The zero-order chi connectivity index (χ0) is 16.7. The Bertz CT molecular complexity index is 793. The third kappa shape index (κ3) is 3.00. The van der Waals surface area contributed by atoms with Gasteiger partial charge in [0.2, 0.25) is 5.88 Å². The monoisotopic (exact) mass is 332 g/mol. The van der Waals surface area contributed by atoms with Gasteiger partial charge in [-0.3, -0.25) is 4.99 Å². The maximum atomic E-state index is 13.1. The molecule has 3 nitrogen and oxygen atoms in total. The van der Waals surface area contributed by atoms with Crippen molar-refractivity contribution in [1.82, 2.24) is 4.98 Å². The van der Waals surface area contributed by atoms with Gasteiger partial charge in [0.25, 0.3) is 0 Å². The van der Waals surface area contributed by atoms with Gasteiger partial charge in [-0.2, -0.15) is 13.2 Å². The van der Waals surface area contributed by atoms with E-state index in [0.717, 1.165) is 11.6 Å². The van der Waals surface area contributed by atoms with Crippen LogP contribution in [0.4, 0.5) is 13.2 Å². The summed E-state index contributed by atoms with van der Waals surface area (Å²) in [5, 5.41) is 0. The summed E-state index contributed by atoms with van der Waals surface area (Å²) in [6.45, 7) is 0.931. The van der Waals surface area contributed by atoms with Crippen molar-refractivity contribution in [3.63, 3.8) is 0 Å². The fourth-order valence-corrected chi connectivity index (χ4v) is 2.75. The lowest BCUT2D eigenvalue weighted by molar-refractivity contribution is -0.137. The Morgan fingerprint density at radius 2 is 2.00 bits per heavy atom. The number of hydrogen-bond acceptors (Lipinski definition) is 3. The van der Waals surface area contributed by atoms with Crippen LogP contribution in [0.25, 0.3) is 11.1 Å². The quantitative estimate of drug-likeness (QED) is 0.827. The van der Waals surface area contributed by atoms with Crippen LogP contribution in [0.1, 0.15) is 29.5 Å². The van der Waals surface area contributed by atoms with Crippen LogP contribution in [0.2, 0.25) is 0 Å². The van der Waals surface area contributed by atoms with Gasteiger partial charge in [-0.05, 0) is 48.1 Å². The van der Waals surface area contributed by atoms with Crippen LogP contribution in [0.15, 0.2) is 35.5 Å². The van der Waals surface area contributed by atoms with Crippen molar-refractivity contribution >= 4 is 6.21 Å². The number of halogens is 3. The van der Waals surface area contributed by atoms with Gasteiger partial charge in [-0.25, -0.2) is 4.98 Å². The van der Waals surface area contributed by atoms with Gasteiger partial charge < -0.3 is 4.74 Å². The number of pyridine rings is 1. The highest BCUT2D eigenvalue weighted by Gasteiger charge is 2.32. The van der Waals surface area contributed by atoms with E-state index in [4.69, 9.17) is 4.74 Å². The molecular weight excluding hydrogens is 317 g/mol. The molecule has 0 amide bonds. The lowest BCUT2D eigenvalue weighted by Gasteiger charge is -2.13. The van der Waals surface area contributed by atoms with Crippen LogP contribution >= 0.6 is 0 Å². The largest absolute Gasteiger partial charge is 0.477 e. The summed E-state index contributed by atoms with van der Waals surface area (Å²) < 4.78 is 44.9. The van der Waals surface area contributed by atoms with E-state index in [1.165, 1.54) is 18.9 Å². The molecule has 1 aromatic carbocycles. The van der Waals surface area contributed by atoms with Crippen LogP contribution in [0, 0.1) is 5.92 Å². The summed E-state index contributed by atoms with van der Waals surface area (Å²) in [7, 11) is 0. The summed E-state index contributed by atoms with van der Waals surface area (Å²) in [5.41, 5.74) is 1.80. The van der Waals surface area contributed by atoms with Gasteiger partial charge in [0.05, 0.1) is 18.7 Å². The van der Waals surface area contributed by atoms with Gasteiger partial charge in [-0.1, -0.05) is 0 Å². The van der Waals surface area contributed by atoms with Crippen LogP contribution < -0.4 is 4.74 Å². The van der Waals surface area contributed by atoms with Gasteiger partial charge in [0.1, 0.15) is 0 Å². The minimum atomic E-state index is -4.38. The Morgan fingerprint density at radius 1 is 1.17 bits per heavy atom. The molecule has 0 saturated heterocycles. The fourth-order valence-electron chi connectivity index (χ4n) is 2.75. The third-order valence-electron chi connectivity index (χ3n) is 4.29. The maximum absolute atomic E-state index is 13.1. The second-order valence-electron chi connectivity index (χ2n) is 6.20. The first kappa shape index (κ1) is 15.2. The maximum Gasteiger partial charge on any atom is 0.416 e. The smallest absolute Gasteiger partial charge is 0.416 e. The predicted octanol–water partition coefficient (Wildman–Crippen LogP) is 4.49. The Kier molecular flexibility index (Phi) is 3.55. The molecule has 0 unspecified atom stereocenters. The number of nitrogens with zero attached hydrogens (tertiary/aromatic N) is 2. The van der Waals surface area contributed by atoms with Crippen molar-refractivity contribution in [2.75, 3.05) is 6.61 Å². The highest BCUT2D eigenvalue weighted by molar-refractivity contribution is 5.94. The van der Waals surface area contributed by atoms with Crippen molar-refractivity contribution in [3.8, 4) is 17.0 Å². The second-order valence-corrected chi connectivity index (χ2v) is 6.20. The lowest BCUT2D eigenvalue weighted by atomic mass is 9.95. The molecule has 1 aliphatic heterocycles. The molecule has 0 bridgehead atoms. The number of alkyl halides is 3. The SMILES string of the molecule is FC(F)(F)c1cc2c(c(-c3ccc(OCC4CC4)nc3)c1)C=NC2. The zero-order valence-corrected chi connectivity index (χ0v) is 12.8. The Hall–Kier alpha value is -2.37. The molecule has 2 aromatic rings. The summed E-state index contributed by atoms with van der Waals surface area (Å²) in [4.78, 5) is 8.32. The molecule has 0 atom stereocenters. The normalized spacial score (nSPS) is 16.3. The van der Waals surface area contributed by atoms with E-state index in [-0.39, 0.29) is 6.54 Å². The molecule has 0 N–H and O–H groups in total. The average molecular weight is 332 g/mol. The molecule has 0 radical (unpaired) electrons. The Morgan fingerprint density at radius 3 is 2.67 bits per heavy atom. The van der Waals surface area contributed by atoms with Gasteiger partial charge in [0.15, 0.2) is 0 Å². The Labute approximate surface area is 137 Å². The van der Waals surface area contributed by atoms with E-state index in [9.17, 15) is 13.2 Å². The molecule has 2 heterocycles. The minimum absolute atomic E-state index is 0.280. The first-order valence-corrected chi connectivity index (χ1v) is 7.84. The van der Waals surface area contributed by atoms with E-state index in [0.29, 0.717) is 35.1 Å². The molecule has 1 fully saturated rings. The number of benzene rings is 1. The van der Waals surface area contributed by atoms with E-state index < -0.39 is 11.7 Å². The van der Waals surface area contributed by atoms with E-state index in [1.54, 1.807) is 24.5 Å². The Balaban J connectivity index is 1.67. The molecule has 2 aliphatic rings. The first-order valence-electron chi connectivity index (χ1n) is 7.84. The van der Waals surface area contributed by atoms with E-state index in [1.807, 2.05) is 0 Å². The van der Waals surface area contributed by atoms with Crippen molar-refractivity contribution in [2.24, 2.45) is 10.9 Å². The van der Waals surface area contributed by atoms with Crippen molar-refractivity contribution in [2.45, 2.75) is 25.6 Å². The standard InChI is InChI=1S/C18H15F3N2O/c19-18(20,21)14-5-13-7-22-9-16(13)15(6-14)12-3-4-17(23-8-12)24-10-11-1-2-11/h3-6,8-9,11H,1-2,7,10H2. The molecule has 24 heavy (non-hydrogen) atoms. The van der Waals surface area contributed by atoms with Crippen molar-refractivity contribution in [3.05, 3.63) is 47.2 Å². The molecule has 1 aromatic heterocycles. The van der Waals surface area contributed by atoms with Crippen molar-refractivity contribution in [1.29, 1.82) is 0 Å². The number of aliphatic imine (C=N–C) groups is 1. The number of fused-ring (bicyclic) bond motifs is 1.